The number of hydrogen-bond acceptors (Lipinski definition) is 4. The number of alkyl halides is 3. The van der Waals surface area contributed by atoms with E-state index in [1.54, 1.807) is 13.1 Å². The quantitative estimate of drug-likeness (QED) is 0.409. The molecule has 4 nitrogen and oxygen atoms in total. The molecule has 7 heteroatoms. The fourth-order valence-corrected chi connectivity index (χ4v) is 5.66. The van der Waals surface area contributed by atoms with Gasteiger partial charge in [-0.05, 0) is 57.7 Å². The number of likely N-dealkylation sites (N-methyl/N-ethyl adjacent to an activating group) is 1. The van der Waals surface area contributed by atoms with E-state index in [-0.39, 0.29) is 0 Å². The van der Waals surface area contributed by atoms with Crippen LogP contribution in [0.2, 0.25) is 0 Å². The standard InChI is InChI=1S/C28H32F3N3O/c1-26(2)21-13-12-18(28(29,30)31)16-23(21)33(4)27(26,3)35-24-17-22(34-14-8-5-9-15-34)19-10-6-7-11-20(19)25(24)32/h6-7,10-13,16-17H,5,8-9,14-15,32H2,1-4H3. The number of benzene rings is 3. The van der Waals surface area contributed by atoms with Gasteiger partial charge >= 0.3 is 6.18 Å². The molecule has 3 aromatic carbocycles. The highest BCUT2D eigenvalue weighted by molar-refractivity contribution is 6.04. The molecule has 1 saturated heterocycles. The van der Waals surface area contributed by atoms with Crippen molar-refractivity contribution in [3.8, 4) is 5.75 Å². The monoisotopic (exact) mass is 483 g/mol. The molecule has 2 heterocycles. The van der Waals surface area contributed by atoms with Crippen LogP contribution >= 0.6 is 0 Å². The lowest BCUT2D eigenvalue weighted by molar-refractivity contribution is -0.137. The Morgan fingerprint density at radius 2 is 1.54 bits per heavy atom. The molecule has 2 aliphatic heterocycles. The molecule has 0 aliphatic carbocycles. The largest absolute Gasteiger partial charge is 0.465 e. The summed E-state index contributed by atoms with van der Waals surface area (Å²) < 4.78 is 47.2. The Hall–Kier alpha value is -3.09. The zero-order valence-corrected chi connectivity index (χ0v) is 20.7. The van der Waals surface area contributed by atoms with Crippen LogP contribution < -0.4 is 20.3 Å². The number of hydrogen-bond donors (Lipinski definition) is 1. The van der Waals surface area contributed by atoms with E-state index in [9.17, 15) is 13.2 Å². The Balaban J connectivity index is 1.61. The zero-order valence-electron chi connectivity index (χ0n) is 20.7. The van der Waals surface area contributed by atoms with Crippen LogP contribution in [0.15, 0.2) is 48.5 Å². The molecule has 5 rings (SSSR count). The summed E-state index contributed by atoms with van der Waals surface area (Å²) in [6, 6.07) is 14.0. The maximum absolute atomic E-state index is 13.5. The lowest BCUT2D eigenvalue weighted by atomic mass is 9.78. The summed E-state index contributed by atoms with van der Waals surface area (Å²) in [5.74, 6) is 0.551. The molecular weight excluding hydrogens is 451 g/mol. The third kappa shape index (κ3) is 3.58. The minimum absolute atomic E-state index is 0.517. The number of rotatable bonds is 3. The van der Waals surface area contributed by atoms with Gasteiger partial charge in [0.25, 0.3) is 0 Å². The number of fused-ring (bicyclic) bond motifs is 2. The Labute approximate surface area is 204 Å². The van der Waals surface area contributed by atoms with Crippen molar-refractivity contribution in [2.45, 2.75) is 57.3 Å². The van der Waals surface area contributed by atoms with Gasteiger partial charge in [-0.25, -0.2) is 0 Å². The average molecular weight is 484 g/mol. The fourth-order valence-electron chi connectivity index (χ4n) is 5.66. The summed E-state index contributed by atoms with van der Waals surface area (Å²) in [5, 5.41) is 2.01. The van der Waals surface area contributed by atoms with E-state index in [0.717, 1.165) is 54.0 Å². The Kier molecular flexibility index (Phi) is 5.38. The van der Waals surface area contributed by atoms with Crippen molar-refractivity contribution >= 4 is 27.8 Å². The van der Waals surface area contributed by atoms with Gasteiger partial charge in [0.05, 0.1) is 16.7 Å². The van der Waals surface area contributed by atoms with Crippen LogP contribution in [0, 0.1) is 0 Å². The molecule has 2 N–H and O–H groups in total. The van der Waals surface area contributed by atoms with Gasteiger partial charge in [0, 0.05) is 48.4 Å². The maximum atomic E-state index is 13.5. The van der Waals surface area contributed by atoms with E-state index >= 15 is 0 Å². The van der Waals surface area contributed by atoms with E-state index in [1.165, 1.54) is 12.5 Å². The van der Waals surface area contributed by atoms with Crippen LogP contribution in [0.1, 0.15) is 51.2 Å². The van der Waals surface area contributed by atoms with Gasteiger partial charge in [-0.3, -0.25) is 0 Å². The van der Waals surface area contributed by atoms with Crippen molar-refractivity contribution in [2.75, 3.05) is 35.7 Å². The highest BCUT2D eigenvalue weighted by Crippen LogP contribution is 2.53. The van der Waals surface area contributed by atoms with Gasteiger partial charge in [0.15, 0.2) is 5.72 Å². The summed E-state index contributed by atoms with van der Waals surface area (Å²) in [6.07, 6.45) is -0.910. The van der Waals surface area contributed by atoms with E-state index < -0.39 is 22.9 Å². The number of nitrogens with two attached hydrogens (primary N) is 1. The summed E-state index contributed by atoms with van der Waals surface area (Å²) in [7, 11) is 1.79. The summed E-state index contributed by atoms with van der Waals surface area (Å²) in [5.41, 5.74) is 7.38. The van der Waals surface area contributed by atoms with E-state index in [0.29, 0.717) is 17.1 Å². The molecule has 0 aromatic heterocycles. The predicted octanol–water partition coefficient (Wildman–Crippen LogP) is 6.95. The second-order valence-electron chi connectivity index (χ2n) is 10.4. The van der Waals surface area contributed by atoms with Gasteiger partial charge in [0.1, 0.15) is 5.75 Å². The minimum atomic E-state index is -4.41. The molecule has 3 aromatic rings. The Bertz CT molecular complexity index is 1280. The fraction of sp³-hybridized carbons (Fsp3) is 0.429. The van der Waals surface area contributed by atoms with Crippen LogP contribution in [0.4, 0.5) is 30.2 Å². The molecule has 2 aliphatic rings. The normalized spacial score (nSPS) is 21.9. The molecule has 0 bridgehead atoms. The second-order valence-corrected chi connectivity index (χ2v) is 10.4. The zero-order chi connectivity index (χ0) is 25.2. The molecule has 186 valence electrons. The minimum Gasteiger partial charge on any atom is -0.465 e. The topological polar surface area (TPSA) is 41.7 Å². The highest BCUT2D eigenvalue weighted by Gasteiger charge is 2.55. The van der Waals surface area contributed by atoms with Gasteiger partial charge in [-0.15, -0.1) is 0 Å². The highest BCUT2D eigenvalue weighted by atomic mass is 19.4. The molecule has 0 radical (unpaired) electrons. The number of nitrogens with zero attached hydrogens (tertiary/aromatic N) is 2. The lowest BCUT2D eigenvalue weighted by Crippen LogP contribution is -2.56. The molecule has 0 amide bonds. The van der Waals surface area contributed by atoms with Crippen LogP contribution in [0.5, 0.6) is 5.75 Å². The Morgan fingerprint density at radius 1 is 0.886 bits per heavy atom. The smallest absolute Gasteiger partial charge is 0.416 e. The summed E-state index contributed by atoms with van der Waals surface area (Å²) in [6.45, 7) is 7.88. The Morgan fingerprint density at radius 3 is 2.20 bits per heavy atom. The second kappa shape index (κ2) is 7.97. The third-order valence-electron chi connectivity index (χ3n) is 8.19. The number of ether oxygens (including phenoxy) is 1. The van der Waals surface area contributed by atoms with Crippen LogP contribution in [0.25, 0.3) is 10.8 Å². The van der Waals surface area contributed by atoms with Crippen molar-refractivity contribution in [3.05, 3.63) is 59.7 Å². The van der Waals surface area contributed by atoms with Crippen LogP contribution in [-0.2, 0) is 11.6 Å². The van der Waals surface area contributed by atoms with Crippen LogP contribution in [0.3, 0.4) is 0 Å². The third-order valence-corrected chi connectivity index (χ3v) is 8.19. The van der Waals surface area contributed by atoms with Gasteiger partial charge in [-0.2, -0.15) is 13.2 Å². The maximum Gasteiger partial charge on any atom is 0.416 e. The van der Waals surface area contributed by atoms with Crippen LogP contribution in [-0.4, -0.2) is 25.9 Å². The van der Waals surface area contributed by atoms with Crippen molar-refractivity contribution in [1.29, 1.82) is 0 Å². The first kappa shape index (κ1) is 23.6. The average Bonchev–Trinajstić information content (AvgIpc) is 2.98. The summed E-state index contributed by atoms with van der Waals surface area (Å²) in [4.78, 5) is 4.20. The van der Waals surface area contributed by atoms with Crippen molar-refractivity contribution in [3.63, 3.8) is 0 Å². The first-order valence-corrected chi connectivity index (χ1v) is 12.2. The number of halogens is 3. The SMILES string of the molecule is CN1c2cc(C(F)(F)F)ccc2C(C)(C)C1(C)Oc1cc(N2CCCCC2)c2ccccc2c1N. The number of nitrogen functional groups attached to an aromatic ring is 1. The molecule has 0 saturated carbocycles. The first-order chi connectivity index (χ1) is 16.4. The van der Waals surface area contributed by atoms with Crippen molar-refractivity contribution in [1.82, 2.24) is 0 Å². The molecule has 1 fully saturated rings. The van der Waals surface area contributed by atoms with Gasteiger partial charge in [-0.1, -0.05) is 30.3 Å². The predicted molar refractivity (Wildman–Crippen MR) is 136 cm³/mol. The number of piperidine rings is 1. The van der Waals surface area contributed by atoms with E-state index in [4.69, 9.17) is 10.5 Å². The van der Waals surface area contributed by atoms with Crippen molar-refractivity contribution in [2.24, 2.45) is 0 Å². The molecule has 1 unspecified atom stereocenters. The molecule has 0 spiro atoms. The molecule has 35 heavy (non-hydrogen) atoms. The van der Waals surface area contributed by atoms with E-state index in [2.05, 4.69) is 11.0 Å². The first-order valence-electron chi connectivity index (χ1n) is 12.2. The van der Waals surface area contributed by atoms with Crippen molar-refractivity contribution < 1.29 is 17.9 Å². The van der Waals surface area contributed by atoms with E-state index in [1.807, 2.05) is 49.9 Å². The molecular formula is C28H32F3N3O. The van der Waals surface area contributed by atoms with Gasteiger partial charge in [0.2, 0.25) is 0 Å². The van der Waals surface area contributed by atoms with Gasteiger partial charge < -0.3 is 20.3 Å². The summed E-state index contributed by atoms with van der Waals surface area (Å²) >= 11 is 0. The lowest BCUT2D eigenvalue weighted by Gasteiger charge is -2.44. The number of anilines is 3. The molecule has 1 atom stereocenters.